The predicted octanol–water partition coefficient (Wildman–Crippen LogP) is 7.85. The Labute approximate surface area is 278 Å². The third-order valence-corrected chi connectivity index (χ3v) is 6.44. The Kier molecular flexibility index (Phi) is 12.6. The summed E-state index contributed by atoms with van der Waals surface area (Å²) in [5.74, 6) is 2.42. The molecule has 0 amide bonds. The SMILES string of the molecule is CCc1cccc(Cc2nc(C)nc(Nc3ccccc3)n2)c1.Clc1nc(Cl)nc(Nc2ccccc2)n1.Nc1cccc(N)c1. The van der Waals surface area contributed by atoms with Crippen molar-refractivity contribution in [3.8, 4) is 0 Å². The van der Waals surface area contributed by atoms with Gasteiger partial charge in [0.15, 0.2) is 0 Å². The second kappa shape index (κ2) is 17.2. The second-order valence-corrected chi connectivity index (χ2v) is 10.5. The molecule has 6 aromatic rings. The number of halogens is 2. The Morgan fingerprint density at radius 3 is 1.61 bits per heavy atom. The molecule has 12 heteroatoms. The van der Waals surface area contributed by atoms with E-state index in [1.165, 1.54) is 11.1 Å². The van der Waals surface area contributed by atoms with Gasteiger partial charge in [-0.15, -0.1) is 0 Å². The van der Waals surface area contributed by atoms with Crippen LogP contribution in [0.25, 0.3) is 0 Å². The normalized spacial score (nSPS) is 10.1. The highest BCUT2D eigenvalue weighted by Gasteiger charge is 2.06. The van der Waals surface area contributed by atoms with Crippen LogP contribution in [-0.2, 0) is 12.8 Å². The Morgan fingerprint density at radius 2 is 1.09 bits per heavy atom. The van der Waals surface area contributed by atoms with Crippen molar-refractivity contribution < 1.29 is 0 Å². The molecule has 6 N–H and O–H groups in total. The maximum atomic E-state index is 5.63. The number of nitrogens with zero attached hydrogens (tertiary/aromatic N) is 6. The topological polar surface area (TPSA) is 153 Å². The molecule has 2 heterocycles. The van der Waals surface area contributed by atoms with Gasteiger partial charge in [0.25, 0.3) is 0 Å². The fraction of sp³-hybridized carbons (Fsp3) is 0.118. The molecule has 0 aliphatic heterocycles. The average Bonchev–Trinajstić information content (AvgIpc) is 3.02. The molecule has 0 fully saturated rings. The van der Waals surface area contributed by atoms with E-state index < -0.39 is 0 Å². The van der Waals surface area contributed by atoms with Crippen LogP contribution in [0.5, 0.6) is 0 Å². The van der Waals surface area contributed by atoms with Gasteiger partial charge in [-0.25, -0.2) is 4.98 Å². The number of aromatic nitrogens is 6. The maximum absolute atomic E-state index is 5.63. The number of nitrogens with one attached hydrogen (secondary N) is 2. The smallest absolute Gasteiger partial charge is 0.232 e. The molecule has 4 aromatic carbocycles. The fourth-order valence-corrected chi connectivity index (χ4v) is 4.42. The number of rotatable bonds is 7. The zero-order valence-corrected chi connectivity index (χ0v) is 26.9. The summed E-state index contributed by atoms with van der Waals surface area (Å²) in [5.41, 5.74) is 16.6. The van der Waals surface area contributed by atoms with Gasteiger partial charge in [-0.1, -0.05) is 73.7 Å². The summed E-state index contributed by atoms with van der Waals surface area (Å²) in [5, 5.41) is 6.31. The molecular formula is C34H34Cl2N10. The van der Waals surface area contributed by atoms with E-state index in [2.05, 4.69) is 71.7 Å². The van der Waals surface area contributed by atoms with Gasteiger partial charge in [-0.2, -0.15) is 24.9 Å². The number of hydrogen-bond acceptors (Lipinski definition) is 10. The minimum Gasteiger partial charge on any atom is -0.399 e. The standard InChI is InChI=1S/C19H20N4.C9H6Cl2N4.C6H8N2/c1-3-15-8-7-9-16(12-15)13-18-20-14(2)21-19(23-18)22-17-10-5-4-6-11-17;10-7-13-8(11)15-9(14-7)12-6-4-2-1-3-5-6;7-5-2-1-3-6(8)4-5/h4-12H,3,13H2,1-2H3,(H,20,21,22,23);1-5H,(H,12,13,14,15);1-4H,7-8H2. The van der Waals surface area contributed by atoms with Crippen molar-refractivity contribution in [1.29, 1.82) is 0 Å². The largest absolute Gasteiger partial charge is 0.399 e. The van der Waals surface area contributed by atoms with E-state index in [1.54, 1.807) is 18.2 Å². The van der Waals surface area contributed by atoms with Crippen LogP contribution in [0.2, 0.25) is 10.6 Å². The van der Waals surface area contributed by atoms with Crippen molar-refractivity contribution >= 4 is 57.8 Å². The summed E-state index contributed by atoms with van der Waals surface area (Å²) in [7, 11) is 0. The molecule has 0 spiro atoms. The number of benzene rings is 4. The first kappa shape index (κ1) is 33.6. The minimum absolute atomic E-state index is 0.0634. The first-order valence-corrected chi connectivity index (χ1v) is 15.1. The van der Waals surface area contributed by atoms with Crippen LogP contribution < -0.4 is 22.1 Å². The molecule has 2 aromatic heterocycles. The highest BCUT2D eigenvalue weighted by Crippen LogP contribution is 2.16. The lowest BCUT2D eigenvalue weighted by molar-refractivity contribution is 0.885. The van der Waals surface area contributed by atoms with Crippen molar-refractivity contribution in [2.24, 2.45) is 0 Å². The Bertz CT molecular complexity index is 1790. The zero-order chi connectivity index (χ0) is 32.7. The van der Waals surface area contributed by atoms with Crippen molar-refractivity contribution in [2.75, 3.05) is 22.1 Å². The lowest BCUT2D eigenvalue weighted by atomic mass is 10.1. The van der Waals surface area contributed by atoms with Crippen molar-refractivity contribution in [3.05, 3.63) is 143 Å². The van der Waals surface area contributed by atoms with Crippen LogP contribution in [0.15, 0.2) is 109 Å². The highest BCUT2D eigenvalue weighted by molar-refractivity contribution is 6.31. The van der Waals surface area contributed by atoms with Crippen LogP contribution >= 0.6 is 23.2 Å². The molecule has 0 saturated carbocycles. The van der Waals surface area contributed by atoms with E-state index in [1.807, 2.05) is 73.7 Å². The molecule has 6 rings (SSSR count). The van der Waals surface area contributed by atoms with Gasteiger partial charge in [0.2, 0.25) is 22.5 Å². The predicted molar refractivity (Wildman–Crippen MR) is 188 cm³/mol. The first-order valence-electron chi connectivity index (χ1n) is 14.4. The van der Waals surface area contributed by atoms with Crippen LogP contribution in [-0.4, -0.2) is 29.9 Å². The summed E-state index contributed by atoms with van der Waals surface area (Å²) in [6.07, 6.45) is 1.74. The number of anilines is 6. The molecule has 46 heavy (non-hydrogen) atoms. The third kappa shape index (κ3) is 11.6. The van der Waals surface area contributed by atoms with Crippen LogP contribution in [0.4, 0.5) is 34.6 Å². The van der Waals surface area contributed by atoms with Gasteiger partial charge in [0.05, 0.1) is 0 Å². The summed E-state index contributed by atoms with van der Waals surface area (Å²) >= 11 is 11.3. The second-order valence-electron chi connectivity index (χ2n) is 9.82. The molecule has 0 atom stereocenters. The lowest BCUT2D eigenvalue weighted by Crippen LogP contribution is -2.06. The van der Waals surface area contributed by atoms with Gasteiger partial charge >= 0.3 is 0 Å². The molecular weight excluding hydrogens is 619 g/mol. The Hall–Kier alpha value is -5.32. The lowest BCUT2D eigenvalue weighted by Gasteiger charge is -2.08. The number of aryl methyl sites for hydroxylation is 2. The van der Waals surface area contributed by atoms with Crippen molar-refractivity contribution in [3.63, 3.8) is 0 Å². The summed E-state index contributed by atoms with van der Waals surface area (Å²) in [6.45, 7) is 4.05. The molecule has 0 saturated heterocycles. The van der Waals surface area contributed by atoms with Gasteiger partial charge in [0, 0.05) is 29.2 Å². The minimum atomic E-state index is 0.0634. The van der Waals surface area contributed by atoms with Crippen LogP contribution in [0.3, 0.4) is 0 Å². The van der Waals surface area contributed by atoms with Crippen molar-refractivity contribution in [1.82, 2.24) is 29.9 Å². The first-order chi connectivity index (χ1) is 22.2. The van der Waals surface area contributed by atoms with E-state index in [4.69, 9.17) is 34.7 Å². The number of nitrogens with two attached hydrogens (primary N) is 2. The van der Waals surface area contributed by atoms with Crippen LogP contribution in [0, 0.1) is 6.92 Å². The fourth-order valence-electron chi connectivity index (χ4n) is 4.06. The van der Waals surface area contributed by atoms with E-state index in [-0.39, 0.29) is 10.6 Å². The average molecular weight is 654 g/mol. The molecule has 0 radical (unpaired) electrons. The summed E-state index contributed by atoms with van der Waals surface area (Å²) in [6, 6.07) is 35.1. The third-order valence-electron chi connectivity index (χ3n) is 6.11. The number of hydrogen-bond donors (Lipinski definition) is 4. The summed E-state index contributed by atoms with van der Waals surface area (Å²) < 4.78 is 0. The molecule has 0 bridgehead atoms. The van der Waals surface area contributed by atoms with E-state index in [0.29, 0.717) is 29.7 Å². The molecule has 10 nitrogen and oxygen atoms in total. The Morgan fingerprint density at radius 1 is 0.565 bits per heavy atom. The molecule has 0 aliphatic carbocycles. The van der Waals surface area contributed by atoms with E-state index in [9.17, 15) is 0 Å². The zero-order valence-electron chi connectivity index (χ0n) is 25.4. The monoisotopic (exact) mass is 652 g/mol. The number of nitrogen functional groups attached to an aromatic ring is 2. The summed E-state index contributed by atoms with van der Waals surface area (Å²) in [4.78, 5) is 24.8. The molecule has 0 unspecified atom stereocenters. The van der Waals surface area contributed by atoms with Crippen molar-refractivity contribution in [2.45, 2.75) is 26.7 Å². The van der Waals surface area contributed by atoms with E-state index in [0.717, 1.165) is 29.4 Å². The van der Waals surface area contributed by atoms with Gasteiger partial charge in [-0.3, -0.25) is 0 Å². The Balaban J connectivity index is 0.000000178. The van der Waals surface area contributed by atoms with Crippen LogP contribution in [0.1, 0.15) is 29.7 Å². The molecule has 0 aliphatic rings. The quantitative estimate of drug-likeness (QED) is 0.125. The van der Waals surface area contributed by atoms with Gasteiger partial charge in [-0.05, 0) is 90.1 Å². The highest BCUT2D eigenvalue weighted by atomic mass is 35.5. The maximum Gasteiger partial charge on any atom is 0.232 e. The van der Waals surface area contributed by atoms with E-state index >= 15 is 0 Å². The van der Waals surface area contributed by atoms with Gasteiger partial charge < -0.3 is 22.1 Å². The number of para-hydroxylation sites is 2. The molecule has 234 valence electrons. The van der Waals surface area contributed by atoms with Gasteiger partial charge in [0.1, 0.15) is 11.6 Å².